The fraction of sp³-hybridized carbons (Fsp3) is 0. The van der Waals surface area contributed by atoms with Gasteiger partial charge in [-0.05, 0) is 12.2 Å². The molecule has 1 rings (SSSR count). The molecule has 1 heterocycles. The standard InChI is InChI=1S/C7H7N3O3/c11-7(12)5-1-2-8-6(3-5)4-9-10-13/h1-4,8H,(H,9,13)(H,11,12)/b6-4-. The molecule has 0 radical (unpaired) electrons. The van der Waals surface area contributed by atoms with Crippen molar-refractivity contribution >= 4 is 5.97 Å². The summed E-state index contributed by atoms with van der Waals surface area (Å²) in [6.45, 7) is 0. The highest BCUT2D eigenvalue weighted by atomic mass is 16.4. The first-order valence-electron chi connectivity index (χ1n) is 3.40. The summed E-state index contributed by atoms with van der Waals surface area (Å²) in [5, 5.41) is 13.7. The van der Waals surface area contributed by atoms with E-state index in [0.29, 0.717) is 5.70 Å². The van der Waals surface area contributed by atoms with Crippen LogP contribution in [0.5, 0.6) is 0 Å². The first-order chi connectivity index (χ1) is 6.24. The molecule has 3 N–H and O–H groups in total. The predicted molar refractivity (Wildman–Crippen MR) is 45.0 cm³/mol. The average molecular weight is 181 g/mol. The highest BCUT2D eigenvalue weighted by molar-refractivity contribution is 5.90. The molecule has 0 saturated carbocycles. The highest BCUT2D eigenvalue weighted by Crippen LogP contribution is 2.06. The molecule has 0 atom stereocenters. The second kappa shape index (κ2) is 4.05. The number of dihydropyridines is 1. The van der Waals surface area contributed by atoms with E-state index in [9.17, 15) is 9.70 Å². The Morgan fingerprint density at radius 2 is 2.46 bits per heavy atom. The minimum atomic E-state index is -1.03. The van der Waals surface area contributed by atoms with E-state index < -0.39 is 5.97 Å². The maximum atomic E-state index is 10.5. The number of rotatable bonds is 3. The Labute approximate surface area is 73.6 Å². The maximum absolute atomic E-state index is 10.5. The third-order valence-corrected chi connectivity index (χ3v) is 1.34. The van der Waals surface area contributed by atoms with Crippen LogP contribution in [0.25, 0.3) is 0 Å². The van der Waals surface area contributed by atoms with Crippen molar-refractivity contribution in [3.8, 4) is 0 Å². The molecule has 1 aliphatic heterocycles. The first-order valence-corrected chi connectivity index (χ1v) is 3.40. The van der Waals surface area contributed by atoms with E-state index in [1.54, 1.807) is 0 Å². The van der Waals surface area contributed by atoms with Crippen molar-refractivity contribution in [2.45, 2.75) is 0 Å². The van der Waals surface area contributed by atoms with Gasteiger partial charge in [0.25, 0.3) is 0 Å². The van der Waals surface area contributed by atoms with Gasteiger partial charge in [-0.2, -0.15) is 0 Å². The SMILES string of the molecule is O=NN/C=C1/C=C(C(=O)O)C=CN1. The van der Waals surface area contributed by atoms with Crippen molar-refractivity contribution in [2.24, 2.45) is 5.29 Å². The van der Waals surface area contributed by atoms with Gasteiger partial charge in [0.15, 0.2) is 0 Å². The Hall–Kier alpha value is -2.11. The van der Waals surface area contributed by atoms with Gasteiger partial charge in [0.2, 0.25) is 0 Å². The Kier molecular flexibility index (Phi) is 2.80. The number of allylic oxidation sites excluding steroid dienone is 1. The largest absolute Gasteiger partial charge is 0.478 e. The minimum Gasteiger partial charge on any atom is -0.478 e. The molecule has 6 heteroatoms. The van der Waals surface area contributed by atoms with Crippen LogP contribution < -0.4 is 10.7 Å². The molecule has 0 bridgehead atoms. The van der Waals surface area contributed by atoms with Crippen LogP contribution in [0.4, 0.5) is 0 Å². The molecule has 0 saturated heterocycles. The third kappa shape index (κ3) is 2.44. The molecule has 1 aliphatic rings. The zero-order chi connectivity index (χ0) is 9.68. The second-order valence-electron chi connectivity index (χ2n) is 2.20. The molecule has 0 fully saturated rings. The van der Waals surface area contributed by atoms with Gasteiger partial charge in [-0.3, -0.25) is 0 Å². The van der Waals surface area contributed by atoms with Gasteiger partial charge in [-0.1, -0.05) is 0 Å². The zero-order valence-electron chi connectivity index (χ0n) is 6.52. The summed E-state index contributed by atoms with van der Waals surface area (Å²) in [5.41, 5.74) is 2.65. The van der Waals surface area contributed by atoms with E-state index in [1.807, 2.05) is 0 Å². The molecule has 0 aliphatic carbocycles. The lowest BCUT2D eigenvalue weighted by Crippen LogP contribution is -2.13. The fourth-order valence-corrected chi connectivity index (χ4v) is 0.797. The van der Waals surface area contributed by atoms with Gasteiger partial charge in [0.1, 0.15) is 0 Å². The molecule has 0 aromatic carbocycles. The predicted octanol–water partition coefficient (Wildman–Crippen LogP) is 0.227. The van der Waals surface area contributed by atoms with Gasteiger partial charge in [0.05, 0.1) is 16.6 Å². The average Bonchev–Trinajstić information content (AvgIpc) is 2.15. The van der Waals surface area contributed by atoms with Crippen molar-refractivity contribution in [1.29, 1.82) is 0 Å². The number of carboxylic acid groups (broad SMARTS) is 1. The van der Waals surface area contributed by atoms with E-state index in [4.69, 9.17) is 5.11 Å². The molecule has 0 aromatic rings. The van der Waals surface area contributed by atoms with Crippen LogP contribution in [0, 0.1) is 4.91 Å². The molecule has 0 aromatic heterocycles. The maximum Gasteiger partial charge on any atom is 0.335 e. The lowest BCUT2D eigenvalue weighted by Gasteiger charge is -2.07. The minimum absolute atomic E-state index is 0.137. The van der Waals surface area contributed by atoms with Crippen molar-refractivity contribution in [3.63, 3.8) is 0 Å². The van der Waals surface area contributed by atoms with Crippen LogP contribution >= 0.6 is 0 Å². The molecule has 13 heavy (non-hydrogen) atoms. The van der Waals surface area contributed by atoms with E-state index in [-0.39, 0.29) is 5.57 Å². The number of carbonyl (C=O) groups is 1. The molecule has 6 nitrogen and oxygen atoms in total. The zero-order valence-corrected chi connectivity index (χ0v) is 6.52. The normalized spacial score (nSPS) is 17.5. The number of hydrogen-bond acceptors (Lipinski definition) is 4. The van der Waals surface area contributed by atoms with E-state index in [2.05, 4.69) is 16.0 Å². The summed E-state index contributed by atoms with van der Waals surface area (Å²) in [5.74, 6) is -1.03. The molecule has 0 spiro atoms. The first kappa shape index (κ1) is 8.98. The summed E-state index contributed by atoms with van der Waals surface area (Å²) >= 11 is 0. The molecular formula is C7H7N3O3. The summed E-state index contributed by atoms with van der Waals surface area (Å²) in [4.78, 5) is 20.2. The monoisotopic (exact) mass is 181 g/mol. The third-order valence-electron chi connectivity index (χ3n) is 1.34. The Morgan fingerprint density at radius 1 is 1.69 bits per heavy atom. The van der Waals surface area contributed by atoms with E-state index in [1.165, 1.54) is 24.6 Å². The summed E-state index contributed by atoms with van der Waals surface area (Å²) in [7, 11) is 0. The van der Waals surface area contributed by atoms with Crippen molar-refractivity contribution in [3.05, 3.63) is 40.7 Å². The molecule has 0 unspecified atom stereocenters. The number of nitrogens with zero attached hydrogens (tertiary/aromatic N) is 1. The number of aliphatic carboxylic acids is 1. The summed E-state index contributed by atoms with van der Waals surface area (Å²) in [6, 6.07) is 0. The lowest BCUT2D eigenvalue weighted by atomic mass is 10.2. The summed E-state index contributed by atoms with van der Waals surface area (Å²) in [6.07, 6.45) is 5.51. The van der Waals surface area contributed by atoms with Gasteiger partial charge < -0.3 is 10.4 Å². The smallest absolute Gasteiger partial charge is 0.335 e. The topological polar surface area (TPSA) is 90.8 Å². The Balaban J connectivity index is 2.78. The number of nitroso groups, excluding NO2 is 1. The van der Waals surface area contributed by atoms with E-state index >= 15 is 0 Å². The van der Waals surface area contributed by atoms with Crippen molar-refractivity contribution < 1.29 is 9.90 Å². The highest BCUT2D eigenvalue weighted by Gasteiger charge is 2.07. The van der Waals surface area contributed by atoms with Crippen LogP contribution in [0.15, 0.2) is 41.1 Å². The lowest BCUT2D eigenvalue weighted by molar-refractivity contribution is -0.132. The van der Waals surface area contributed by atoms with Gasteiger partial charge >= 0.3 is 5.97 Å². The number of hydrogen-bond donors (Lipinski definition) is 3. The molecular weight excluding hydrogens is 174 g/mol. The molecule has 0 amide bonds. The number of carboxylic acids is 1. The van der Waals surface area contributed by atoms with Gasteiger partial charge in [-0.25, -0.2) is 10.2 Å². The van der Waals surface area contributed by atoms with Crippen LogP contribution in [0.1, 0.15) is 0 Å². The van der Waals surface area contributed by atoms with Crippen molar-refractivity contribution in [2.75, 3.05) is 0 Å². The van der Waals surface area contributed by atoms with Gasteiger partial charge in [-0.15, -0.1) is 4.91 Å². The van der Waals surface area contributed by atoms with E-state index in [0.717, 1.165) is 0 Å². The molecule has 68 valence electrons. The fourth-order valence-electron chi connectivity index (χ4n) is 0.797. The Bertz CT molecular complexity index is 317. The summed E-state index contributed by atoms with van der Waals surface area (Å²) < 4.78 is 0. The van der Waals surface area contributed by atoms with Crippen LogP contribution in [-0.2, 0) is 4.79 Å². The van der Waals surface area contributed by atoms with Crippen molar-refractivity contribution in [1.82, 2.24) is 10.7 Å². The van der Waals surface area contributed by atoms with Crippen LogP contribution in [-0.4, -0.2) is 11.1 Å². The Morgan fingerprint density at radius 3 is 3.08 bits per heavy atom. The van der Waals surface area contributed by atoms with Gasteiger partial charge in [0, 0.05) is 12.4 Å². The number of nitrogens with one attached hydrogen (secondary N) is 2. The quantitative estimate of drug-likeness (QED) is 0.428. The second-order valence-corrected chi connectivity index (χ2v) is 2.20. The van der Waals surface area contributed by atoms with Crippen LogP contribution in [0.3, 0.4) is 0 Å². The van der Waals surface area contributed by atoms with Crippen LogP contribution in [0.2, 0.25) is 0 Å².